The number of hydrogen-bond acceptors (Lipinski definition) is 2. The van der Waals surface area contributed by atoms with Crippen LogP contribution >= 0.6 is 12.6 Å². The molecule has 0 fully saturated rings. The lowest BCUT2D eigenvalue weighted by molar-refractivity contribution is 0.568. The number of unbranched alkanes of at least 4 members (excludes halogenated alkanes) is 8. The van der Waals surface area contributed by atoms with Crippen LogP contribution in [0.4, 0.5) is 0 Å². The average Bonchev–Trinajstić information content (AvgIpc) is 2.26. The Morgan fingerprint density at radius 1 is 0.800 bits per heavy atom. The molecule has 0 radical (unpaired) electrons. The quantitative estimate of drug-likeness (QED) is 0.175. The Morgan fingerprint density at radius 3 is 1.73 bits per heavy atom. The summed E-state index contributed by atoms with van der Waals surface area (Å²) in [6, 6.07) is 0. The maximum atomic E-state index is 8.06. The molecule has 0 saturated carbocycles. The summed E-state index contributed by atoms with van der Waals surface area (Å²) in [4.78, 5) is 2.73. The van der Waals surface area contributed by atoms with E-state index >= 15 is 0 Å². The summed E-state index contributed by atoms with van der Waals surface area (Å²) < 4.78 is 0. The van der Waals surface area contributed by atoms with Crippen LogP contribution in [0, 0.1) is 0 Å². The molecule has 0 heterocycles. The molecule has 0 bridgehead atoms. The van der Waals surface area contributed by atoms with Crippen molar-refractivity contribution in [3.63, 3.8) is 0 Å². The van der Waals surface area contributed by atoms with E-state index in [1.807, 2.05) is 0 Å². The molecule has 0 amide bonds. The van der Waals surface area contributed by atoms with E-state index in [1.54, 1.807) is 0 Å². The highest BCUT2D eigenvalue weighted by Crippen LogP contribution is 2.09. The summed E-state index contributed by atoms with van der Waals surface area (Å²) in [5.74, 6) is 1.03. The van der Waals surface area contributed by atoms with Crippen molar-refractivity contribution >= 4 is 12.6 Å². The lowest BCUT2D eigenvalue weighted by Gasteiger charge is -2.00. The van der Waals surface area contributed by atoms with Crippen molar-refractivity contribution in [1.29, 1.82) is 0 Å². The lowest BCUT2D eigenvalue weighted by atomic mass is 10.1. The molecule has 4 heteroatoms. The van der Waals surface area contributed by atoms with E-state index in [0.29, 0.717) is 6.54 Å². The van der Waals surface area contributed by atoms with Crippen LogP contribution in [0.15, 0.2) is 5.11 Å². The monoisotopic (exact) mass is 229 g/mol. The van der Waals surface area contributed by atoms with Gasteiger partial charge in [0.15, 0.2) is 0 Å². The first kappa shape index (κ1) is 14.7. The van der Waals surface area contributed by atoms with Crippen molar-refractivity contribution < 1.29 is 0 Å². The Labute approximate surface area is 98.7 Å². The maximum Gasteiger partial charge on any atom is 0.0257 e. The minimum Gasteiger partial charge on any atom is -0.179 e. The summed E-state index contributed by atoms with van der Waals surface area (Å²) in [6.45, 7) is 0.665. The third-order valence-corrected chi connectivity index (χ3v) is 2.80. The third kappa shape index (κ3) is 13.7. The summed E-state index contributed by atoms with van der Waals surface area (Å²) in [7, 11) is 0. The van der Waals surface area contributed by atoms with Crippen LogP contribution in [-0.2, 0) is 0 Å². The molecule has 0 aliphatic rings. The van der Waals surface area contributed by atoms with Gasteiger partial charge in [0.1, 0.15) is 0 Å². The fourth-order valence-electron chi connectivity index (χ4n) is 1.58. The smallest absolute Gasteiger partial charge is 0.0257 e. The van der Waals surface area contributed by atoms with E-state index in [2.05, 4.69) is 22.7 Å². The van der Waals surface area contributed by atoms with Crippen molar-refractivity contribution in [1.82, 2.24) is 0 Å². The molecule has 0 N–H and O–H groups in total. The highest BCUT2D eigenvalue weighted by atomic mass is 32.1. The van der Waals surface area contributed by atoms with Crippen LogP contribution in [-0.4, -0.2) is 12.3 Å². The molecule has 0 aromatic carbocycles. The van der Waals surface area contributed by atoms with Crippen LogP contribution in [0.5, 0.6) is 0 Å². The van der Waals surface area contributed by atoms with Crippen molar-refractivity contribution in [2.24, 2.45) is 5.11 Å². The first-order valence-electron chi connectivity index (χ1n) is 6.03. The zero-order valence-electron chi connectivity index (χ0n) is 9.57. The number of azide groups is 1. The molecule has 0 rings (SSSR count). The SMILES string of the molecule is [N-]=[N+]=NCCCCCCCCCCCS. The Balaban J connectivity index is 2.89. The van der Waals surface area contributed by atoms with E-state index in [9.17, 15) is 0 Å². The Kier molecular flexibility index (Phi) is 13.4. The standard InChI is InChI=1S/C11H23N3S/c12-14-13-10-8-6-4-2-1-3-5-7-9-11-15/h15H,1-11H2. The molecular weight excluding hydrogens is 206 g/mol. The maximum absolute atomic E-state index is 8.06. The molecule has 0 aliphatic carbocycles. The molecule has 0 aromatic heterocycles. The zero-order valence-corrected chi connectivity index (χ0v) is 10.5. The van der Waals surface area contributed by atoms with Gasteiger partial charge in [-0.1, -0.05) is 50.1 Å². The normalized spacial score (nSPS) is 9.93. The topological polar surface area (TPSA) is 48.8 Å². The molecule has 0 unspecified atom stereocenters. The van der Waals surface area contributed by atoms with Gasteiger partial charge in [0.05, 0.1) is 0 Å². The average molecular weight is 229 g/mol. The molecular formula is C11H23N3S. The van der Waals surface area contributed by atoms with Crippen molar-refractivity contribution in [2.75, 3.05) is 12.3 Å². The third-order valence-electron chi connectivity index (χ3n) is 2.48. The molecule has 88 valence electrons. The molecule has 0 aromatic rings. The van der Waals surface area contributed by atoms with Gasteiger partial charge in [0.25, 0.3) is 0 Å². The highest BCUT2D eigenvalue weighted by molar-refractivity contribution is 7.80. The van der Waals surface area contributed by atoms with E-state index in [-0.39, 0.29) is 0 Å². The minimum absolute atomic E-state index is 0.665. The summed E-state index contributed by atoms with van der Waals surface area (Å²) in [5, 5.41) is 3.51. The van der Waals surface area contributed by atoms with E-state index in [4.69, 9.17) is 5.53 Å². The van der Waals surface area contributed by atoms with Gasteiger partial charge in [-0.3, -0.25) is 0 Å². The van der Waals surface area contributed by atoms with Crippen molar-refractivity contribution in [3.8, 4) is 0 Å². The van der Waals surface area contributed by atoms with Crippen molar-refractivity contribution in [2.45, 2.75) is 57.8 Å². The van der Waals surface area contributed by atoms with Gasteiger partial charge in [-0.15, -0.1) is 0 Å². The van der Waals surface area contributed by atoms with Crippen molar-refractivity contribution in [3.05, 3.63) is 10.4 Å². The predicted molar refractivity (Wildman–Crippen MR) is 69.4 cm³/mol. The molecule has 0 saturated heterocycles. The van der Waals surface area contributed by atoms with Gasteiger partial charge in [0, 0.05) is 11.5 Å². The lowest BCUT2D eigenvalue weighted by Crippen LogP contribution is -1.83. The van der Waals surface area contributed by atoms with Crippen LogP contribution in [0.3, 0.4) is 0 Å². The van der Waals surface area contributed by atoms with E-state index in [0.717, 1.165) is 12.2 Å². The van der Waals surface area contributed by atoms with Gasteiger partial charge in [-0.05, 0) is 24.1 Å². The second-order valence-electron chi connectivity index (χ2n) is 3.86. The molecule has 15 heavy (non-hydrogen) atoms. The van der Waals surface area contributed by atoms with E-state index < -0.39 is 0 Å². The van der Waals surface area contributed by atoms with Crippen LogP contribution < -0.4 is 0 Å². The Morgan fingerprint density at radius 2 is 1.27 bits per heavy atom. The Hall–Kier alpha value is -0.340. The molecule has 3 nitrogen and oxygen atoms in total. The van der Waals surface area contributed by atoms with Crippen LogP contribution in [0.1, 0.15) is 57.8 Å². The second-order valence-corrected chi connectivity index (χ2v) is 4.31. The number of rotatable bonds is 11. The first-order chi connectivity index (χ1) is 7.41. The van der Waals surface area contributed by atoms with Crippen LogP contribution in [0.2, 0.25) is 0 Å². The van der Waals surface area contributed by atoms with E-state index in [1.165, 1.54) is 51.4 Å². The second kappa shape index (κ2) is 13.7. The molecule has 0 spiro atoms. The number of hydrogen-bond donors (Lipinski definition) is 1. The van der Waals surface area contributed by atoms with Gasteiger partial charge in [0.2, 0.25) is 0 Å². The fourth-order valence-corrected chi connectivity index (χ4v) is 1.80. The summed E-state index contributed by atoms with van der Waals surface area (Å²) in [5.41, 5.74) is 8.06. The largest absolute Gasteiger partial charge is 0.179 e. The summed E-state index contributed by atoms with van der Waals surface area (Å²) >= 11 is 4.19. The fraction of sp³-hybridized carbons (Fsp3) is 1.00. The van der Waals surface area contributed by atoms with Gasteiger partial charge < -0.3 is 0 Å². The molecule has 0 aliphatic heterocycles. The highest BCUT2D eigenvalue weighted by Gasteiger charge is 1.91. The minimum atomic E-state index is 0.665. The Bertz CT molecular complexity index is 167. The first-order valence-corrected chi connectivity index (χ1v) is 6.66. The summed E-state index contributed by atoms with van der Waals surface area (Å²) in [6.07, 6.45) is 11.5. The molecule has 0 atom stereocenters. The van der Waals surface area contributed by atoms with Crippen LogP contribution in [0.25, 0.3) is 10.4 Å². The predicted octanol–water partition coefficient (Wildman–Crippen LogP) is 4.74. The van der Waals surface area contributed by atoms with Gasteiger partial charge in [-0.2, -0.15) is 12.6 Å². The van der Waals surface area contributed by atoms with Gasteiger partial charge >= 0.3 is 0 Å². The van der Waals surface area contributed by atoms with Gasteiger partial charge in [-0.25, -0.2) is 0 Å². The number of thiol groups is 1. The number of nitrogens with zero attached hydrogens (tertiary/aromatic N) is 3. The zero-order chi connectivity index (χ0) is 11.2.